The zero-order valence-electron chi connectivity index (χ0n) is 12.1. The maximum Gasteiger partial charge on any atom is 0.359 e. The molecule has 0 aliphatic rings. The molecule has 0 rings (SSSR count). The molecule has 0 spiro atoms. The predicted molar refractivity (Wildman–Crippen MR) is 73.3 cm³/mol. The highest BCUT2D eigenvalue weighted by atomic mass is 16.4. The first-order valence-corrected chi connectivity index (χ1v) is 6.91. The van der Waals surface area contributed by atoms with Crippen molar-refractivity contribution in [3.05, 3.63) is 12.7 Å². The normalized spacial score (nSPS) is 11.0. The molecular formula is C14H23NO6. The van der Waals surface area contributed by atoms with Gasteiger partial charge in [-0.15, -0.1) is 6.58 Å². The van der Waals surface area contributed by atoms with E-state index < -0.39 is 42.0 Å². The van der Waals surface area contributed by atoms with Crippen molar-refractivity contribution < 1.29 is 34.2 Å². The van der Waals surface area contributed by atoms with E-state index in [1.807, 2.05) is 6.08 Å². The van der Waals surface area contributed by atoms with Crippen LogP contribution < -0.4 is 5.11 Å². The summed E-state index contributed by atoms with van der Waals surface area (Å²) in [5, 5.41) is 28.7. The molecule has 0 radical (unpaired) electrons. The summed E-state index contributed by atoms with van der Waals surface area (Å²) in [6.07, 6.45) is 5.94. The lowest BCUT2D eigenvalue weighted by molar-refractivity contribution is -0.909. The second-order valence-electron chi connectivity index (χ2n) is 5.19. The van der Waals surface area contributed by atoms with Gasteiger partial charge < -0.3 is 24.6 Å². The number of carboxylic acids is 3. The van der Waals surface area contributed by atoms with Crippen LogP contribution in [0.4, 0.5) is 0 Å². The summed E-state index contributed by atoms with van der Waals surface area (Å²) < 4.78 is -0.519. The molecule has 7 nitrogen and oxygen atoms in total. The van der Waals surface area contributed by atoms with Crippen molar-refractivity contribution in [1.82, 2.24) is 0 Å². The molecule has 0 aromatic rings. The van der Waals surface area contributed by atoms with Crippen molar-refractivity contribution in [2.24, 2.45) is 0 Å². The molecule has 0 aromatic carbocycles. The Bertz CT molecular complexity index is 339. The zero-order valence-corrected chi connectivity index (χ0v) is 12.1. The minimum Gasteiger partial charge on any atom is -0.544 e. The number of carbonyl (C=O) groups excluding carboxylic acids is 1. The lowest BCUT2D eigenvalue weighted by Gasteiger charge is -2.36. The van der Waals surface area contributed by atoms with Crippen LogP contribution in [-0.4, -0.2) is 58.8 Å². The van der Waals surface area contributed by atoms with E-state index in [1.54, 1.807) is 0 Å². The van der Waals surface area contributed by atoms with Crippen LogP contribution in [0.15, 0.2) is 12.7 Å². The molecule has 7 heteroatoms. The van der Waals surface area contributed by atoms with E-state index >= 15 is 0 Å². The largest absolute Gasteiger partial charge is 0.544 e. The van der Waals surface area contributed by atoms with Crippen LogP contribution in [0, 0.1) is 0 Å². The Morgan fingerprint density at radius 3 is 1.90 bits per heavy atom. The van der Waals surface area contributed by atoms with Crippen LogP contribution in [0.2, 0.25) is 0 Å². The molecule has 0 aliphatic heterocycles. The van der Waals surface area contributed by atoms with Gasteiger partial charge in [-0.25, -0.2) is 9.59 Å². The molecular weight excluding hydrogens is 278 g/mol. The lowest BCUT2D eigenvalue weighted by Crippen LogP contribution is -2.59. The highest BCUT2D eigenvalue weighted by molar-refractivity contribution is 5.72. The van der Waals surface area contributed by atoms with E-state index in [2.05, 4.69) is 6.58 Å². The van der Waals surface area contributed by atoms with E-state index in [4.69, 9.17) is 10.2 Å². The summed E-state index contributed by atoms with van der Waals surface area (Å²) >= 11 is 0. The number of allylic oxidation sites excluding steroid dienone is 1. The van der Waals surface area contributed by atoms with Crippen molar-refractivity contribution >= 4 is 17.9 Å². The van der Waals surface area contributed by atoms with Gasteiger partial charge >= 0.3 is 11.9 Å². The maximum absolute atomic E-state index is 10.9. The molecule has 2 N–H and O–H groups in total. The number of nitrogens with zero attached hydrogens (tertiary/aromatic N) is 1. The number of carboxylic acid groups (broad SMARTS) is 3. The van der Waals surface area contributed by atoms with Gasteiger partial charge in [-0.2, -0.15) is 0 Å². The molecule has 0 aliphatic carbocycles. The Kier molecular flexibility index (Phi) is 9.03. The van der Waals surface area contributed by atoms with Crippen molar-refractivity contribution in [2.75, 3.05) is 26.2 Å². The number of hydrogen-bond donors (Lipinski definition) is 2. The summed E-state index contributed by atoms with van der Waals surface area (Å²) in [4.78, 5) is 32.7. The van der Waals surface area contributed by atoms with Gasteiger partial charge in [0.1, 0.15) is 6.54 Å². The van der Waals surface area contributed by atoms with Crippen molar-refractivity contribution in [2.45, 2.75) is 32.1 Å². The molecule has 120 valence electrons. The third kappa shape index (κ3) is 9.61. The van der Waals surface area contributed by atoms with E-state index in [-0.39, 0.29) is 6.54 Å². The second-order valence-corrected chi connectivity index (χ2v) is 5.19. The zero-order chi connectivity index (χ0) is 16.3. The van der Waals surface area contributed by atoms with Crippen LogP contribution in [0.3, 0.4) is 0 Å². The minimum atomic E-state index is -1.44. The Balaban J connectivity index is 4.65. The van der Waals surface area contributed by atoms with E-state index in [0.717, 1.165) is 25.7 Å². The summed E-state index contributed by atoms with van der Waals surface area (Å²) in [5.41, 5.74) is 0. The SMILES string of the molecule is C=CCCCCCC[N+](CC(=O)[O-])(CC(=O)O)CC(=O)O. The summed E-state index contributed by atoms with van der Waals surface area (Å²) in [5.74, 6) is -3.88. The Morgan fingerprint density at radius 2 is 1.48 bits per heavy atom. The van der Waals surface area contributed by atoms with Gasteiger partial charge in [0.15, 0.2) is 13.1 Å². The molecule has 0 saturated carbocycles. The third-order valence-electron chi connectivity index (χ3n) is 3.20. The predicted octanol–water partition coefficient (Wildman–Crippen LogP) is -0.141. The lowest BCUT2D eigenvalue weighted by atomic mass is 10.1. The molecule has 0 bridgehead atoms. The van der Waals surface area contributed by atoms with Gasteiger partial charge in [0, 0.05) is 0 Å². The highest BCUT2D eigenvalue weighted by Crippen LogP contribution is 2.12. The number of aliphatic carboxylic acids is 3. The van der Waals surface area contributed by atoms with Gasteiger partial charge in [-0.05, 0) is 25.7 Å². The topological polar surface area (TPSA) is 115 Å². The molecule has 21 heavy (non-hydrogen) atoms. The summed E-state index contributed by atoms with van der Waals surface area (Å²) in [6, 6.07) is 0. The first kappa shape index (κ1) is 19.1. The molecule has 0 amide bonds. The van der Waals surface area contributed by atoms with Gasteiger partial charge in [-0.3, -0.25) is 0 Å². The van der Waals surface area contributed by atoms with Crippen molar-refractivity contribution in [3.63, 3.8) is 0 Å². The molecule has 0 fully saturated rings. The van der Waals surface area contributed by atoms with Gasteiger partial charge in [0.05, 0.1) is 12.5 Å². The van der Waals surface area contributed by atoms with E-state index in [1.165, 1.54) is 0 Å². The van der Waals surface area contributed by atoms with Crippen molar-refractivity contribution in [1.29, 1.82) is 0 Å². The summed E-state index contributed by atoms with van der Waals surface area (Å²) in [7, 11) is 0. The number of quaternary nitrogens is 1. The molecule has 0 aromatic heterocycles. The smallest absolute Gasteiger partial charge is 0.359 e. The Morgan fingerprint density at radius 1 is 0.952 bits per heavy atom. The molecule has 0 atom stereocenters. The molecule has 0 heterocycles. The first-order valence-electron chi connectivity index (χ1n) is 6.91. The third-order valence-corrected chi connectivity index (χ3v) is 3.20. The fraction of sp³-hybridized carbons (Fsp3) is 0.643. The Hall–Kier alpha value is -1.89. The van der Waals surface area contributed by atoms with Crippen LogP contribution >= 0.6 is 0 Å². The highest BCUT2D eigenvalue weighted by Gasteiger charge is 2.33. The number of hydrogen-bond acceptors (Lipinski definition) is 4. The van der Waals surface area contributed by atoms with Crippen LogP contribution in [-0.2, 0) is 14.4 Å². The monoisotopic (exact) mass is 301 g/mol. The molecule has 0 saturated heterocycles. The maximum atomic E-state index is 10.9. The number of rotatable bonds is 13. The van der Waals surface area contributed by atoms with Crippen LogP contribution in [0.1, 0.15) is 32.1 Å². The first-order chi connectivity index (χ1) is 9.81. The average molecular weight is 301 g/mol. The average Bonchev–Trinajstić information content (AvgIpc) is 2.30. The van der Waals surface area contributed by atoms with E-state index in [9.17, 15) is 19.5 Å². The van der Waals surface area contributed by atoms with Gasteiger partial charge in [-0.1, -0.05) is 12.5 Å². The van der Waals surface area contributed by atoms with E-state index in [0.29, 0.717) is 6.42 Å². The van der Waals surface area contributed by atoms with Crippen LogP contribution in [0.5, 0.6) is 0 Å². The van der Waals surface area contributed by atoms with Gasteiger partial charge in [0.2, 0.25) is 0 Å². The molecule has 0 unspecified atom stereocenters. The number of carbonyl (C=O) groups is 3. The van der Waals surface area contributed by atoms with Crippen LogP contribution in [0.25, 0.3) is 0 Å². The number of unbranched alkanes of at least 4 members (excludes halogenated alkanes) is 4. The van der Waals surface area contributed by atoms with Crippen molar-refractivity contribution in [3.8, 4) is 0 Å². The fourth-order valence-electron chi connectivity index (χ4n) is 2.34. The van der Waals surface area contributed by atoms with Gasteiger partial charge in [0.25, 0.3) is 0 Å². The summed E-state index contributed by atoms with van der Waals surface area (Å²) in [6.45, 7) is 2.13. The Labute approximate surface area is 124 Å². The standard InChI is InChI=1S/C14H23NO6/c1-2-3-4-5-6-7-8-15(9-12(16)17,10-13(18)19)11-14(20)21/h2H,1,3-11H2,(H2-,16,17,18,19,20,21). The second kappa shape index (κ2) is 9.93. The quantitative estimate of drug-likeness (QED) is 0.278. The minimum absolute atomic E-state index is 0.195. The fourth-order valence-corrected chi connectivity index (χ4v) is 2.34.